The van der Waals surface area contributed by atoms with Crippen molar-refractivity contribution in [2.45, 2.75) is 57.3 Å². The van der Waals surface area contributed by atoms with Crippen molar-refractivity contribution in [3.63, 3.8) is 0 Å². The van der Waals surface area contributed by atoms with Gasteiger partial charge in [0.25, 0.3) is 0 Å². The van der Waals surface area contributed by atoms with E-state index in [0.717, 1.165) is 19.3 Å². The summed E-state index contributed by atoms with van der Waals surface area (Å²) in [7, 11) is 0. The second kappa shape index (κ2) is 11.0. The van der Waals surface area contributed by atoms with Crippen LogP contribution in [-0.2, 0) is 19.1 Å². The molecular weight excluding hydrogens is 399 g/mol. The fourth-order valence-electron chi connectivity index (χ4n) is 4.15. The zero-order chi connectivity index (χ0) is 22.2. The molecule has 1 aromatic carbocycles. The number of allylic oxidation sites excluding steroid dienone is 2. The molecule has 1 saturated carbocycles. The number of cyclic esters (lactones) is 1. The lowest BCUT2D eigenvalue weighted by Crippen LogP contribution is -2.27. The molecule has 6 heteroatoms. The van der Waals surface area contributed by atoms with Crippen LogP contribution in [0.1, 0.15) is 44.6 Å². The Morgan fingerprint density at radius 1 is 1.26 bits per heavy atom. The van der Waals surface area contributed by atoms with Crippen LogP contribution in [0.25, 0.3) is 6.08 Å². The van der Waals surface area contributed by atoms with Gasteiger partial charge in [0, 0.05) is 23.6 Å². The van der Waals surface area contributed by atoms with Gasteiger partial charge in [0.1, 0.15) is 11.9 Å². The standard InChI is InChI=1S/C25H29FO5/c1-17-7-3-2-4-9-19-15-20(27)16-21(19)23(12-14-24(28)30-17)31-25(29)13-11-18-8-5-6-10-22(18)26/h4-6,8-14,17,19-21,23,27H,2-3,7,15-16H2,1H3/b9-4+,13-11+,14-12?/t17-,19+,20-,21+,23+/m0/s1. The molecule has 0 radical (unpaired) electrons. The fraction of sp³-hybridized carbons (Fsp3) is 0.440. The highest BCUT2D eigenvalue weighted by Crippen LogP contribution is 2.37. The van der Waals surface area contributed by atoms with Crippen molar-refractivity contribution in [1.82, 2.24) is 0 Å². The van der Waals surface area contributed by atoms with Gasteiger partial charge in [0.05, 0.1) is 12.2 Å². The first-order chi connectivity index (χ1) is 14.9. The van der Waals surface area contributed by atoms with Crippen molar-refractivity contribution in [3.8, 4) is 0 Å². The first-order valence-electron chi connectivity index (χ1n) is 10.8. The molecule has 3 rings (SSSR count). The molecule has 5 nitrogen and oxygen atoms in total. The number of rotatable bonds is 3. The molecular formula is C25H29FO5. The lowest BCUT2D eigenvalue weighted by Gasteiger charge is -2.24. The van der Waals surface area contributed by atoms with Crippen molar-refractivity contribution in [1.29, 1.82) is 0 Å². The summed E-state index contributed by atoms with van der Waals surface area (Å²) < 4.78 is 24.8. The number of hydrogen-bond donors (Lipinski definition) is 1. The highest BCUT2D eigenvalue weighted by Gasteiger charge is 2.38. The highest BCUT2D eigenvalue weighted by atomic mass is 19.1. The van der Waals surface area contributed by atoms with Gasteiger partial charge in [0.2, 0.25) is 0 Å². The molecule has 0 amide bonds. The van der Waals surface area contributed by atoms with Crippen LogP contribution in [0.4, 0.5) is 4.39 Å². The molecule has 166 valence electrons. The minimum Gasteiger partial charge on any atom is -0.460 e. The maximum atomic E-state index is 13.8. The maximum Gasteiger partial charge on any atom is 0.331 e. The van der Waals surface area contributed by atoms with E-state index in [9.17, 15) is 19.1 Å². The van der Waals surface area contributed by atoms with Gasteiger partial charge in [-0.25, -0.2) is 14.0 Å². The van der Waals surface area contributed by atoms with Gasteiger partial charge in [-0.05, 0) is 63.2 Å². The monoisotopic (exact) mass is 428 g/mol. The summed E-state index contributed by atoms with van der Waals surface area (Å²) in [6, 6.07) is 6.12. The van der Waals surface area contributed by atoms with Crippen molar-refractivity contribution in [3.05, 3.63) is 66.0 Å². The molecule has 0 saturated heterocycles. The number of halogens is 1. The molecule has 2 aliphatic rings. The smallest absolute Gasteiger partial charge is 0.331 e. The number of benzene rings is 1. The number of fused-ring (bicyclic) bond motifs is 1. The molecule has 5 atom stereocenters. The molecule has 1 aliphatic carbocycles. The Labute approximate surface area is 182 Å². The SMILES string of the molecule is C[C@H]1CCC/C=C/[C@@H]2C[C@H](O)C[C@H]2[C@H](OC(=O)/C=C/c2ccccc2F)C=CC(=O)O1. The summed E-state index contributed by atoms with van der Waals surface area (Å²) in [5, 5.41) is 10.2. The third-order valence-corrected chi connectivity index (χ3v) is 5.72. The van der Waals surface area contributed by atoms with Crippen molar-refractivity contribution in [2.75, 3.05) is 0 Å². The Hall–Kier alpha value is -2.73. The highest BCUT2D eigenvalue weighted by molar-refractivity contribution is 5.87. The third kappa shape index (κ3) is 6.89. The number of aliphatic hydroxyl groups is 1. The number of hydrogen-bond acceptors (Lipinski definition) is 5. The zero-order valence-corrected chi connectivity index (χ0v) is 17.7. The van der Waals surface area contributed by atoms with E-state index in [2.05, 4.69) is 12.2 Å². The summed E-state index contributed by atoms with van der Waals surface area (Å²) in [6.45, 7) is 1.85. The normalized spacial score (nSPS) is 30.5. The van der Waals surface area contributed by atoms with Gasteiger partial charge in [-0.1, -0.05) is 30.4 Å². The van der Waals surface area contributed by atoms with Crippen LogP contribution in [0.15, 0.2) is 54.6 Å². The van der Waals surface area contributed by atoms with Crippen LogP contribution in [-0.4, -0.2) is 35.4 Å². The maximum absolute atomic E-state index is 13.8. The minimum atomic E-state index is -0.715. The number of aliphatic hydroxyl groups excluding tert-OH is 1. The molecule has 1 aromatic rings. The molecule has 0 spiro atoms. The number of carbonyl (C=O) groups is 2. The third-order valence-electron chi connectivity index (χ3n) is 5.72. The van der Waals surface area contributed by atoms with Crippen LogP contribution >= 0.6 is 0 Å². The Morgan fingerprint density at radius 2 is 2.06 bits per heavy atom. The predicted octanol–water partition coefficient (Wildman–Crippen LogP) is 4.37. The van der Waals surface area contributed by atoms with E-state index in [0.29, 0.717) is 12.8 Å². The molecule has 0 unspecified atom stereocenters. The first-order valence-corrected chi connectivity index (χ1v) is 10.8. The van der Waals surface area contributed by atoms with E-state index in [1.165, 1.54) is 30.4 Å². The van der Waals surface area contributed by atoms with Crippen LogP contribution < -0.4 is 0 Å². The van der Waals surface area contributed by atoms with Gasteiger partial charge in [-0.15, -0.1) is 0 Å². The van der Waals surface area contributed by atoms with Crippen LogP contribution in [0.2, 0.25) is 0 Å². The van der Waals surface area contributed by atoms with Crippen molar-refractivity contribution < 1.29 is 28.6 Å². The Bertz CT molecular complexity index is 859. The van der Waals surface area contributed by atoms with Crippen LogP contribution in [0.5, 0.6) is 0 Å². The lowest BCUT2D eigenvalue weighted by molar-refractivity contribution is -0.145. The van der Waals surface area contributed by atoms with Gasteiger partial charge >= 0.3 is 11.9 Å². The summed E-state index contributed by atoms with van der Waals surface area (Å²) in [6.07, 6.45) is 11.7. The topological polar surface area (TPSA) is 72.8 Å². The minimum absolute atomic E-state index is 0.0298. The first kappa shape index (κ1) is 22.9. The van der Waals surface area contributed by atoms with E-state index >= 15 is 0 Å². The number of ether oxygens (including phenoxy) is 2. The Morgan fingerprint density at radius 3 is 2.87 bits per heavy atom. The lowest BCUT2D eigenvalue weighted by atomic mass is 9.89. The molecule has 0 aromatic heterocycles. The summed E-state index contributed by atoms with van der Waals surface area (Å²) in [4.78, 5) is 24.6. The molecule has 1 heterocycles. The average Bonchev–Trinajstić information content (AvgIpc) is 3.10. The second-order valence-electron chi connectivity index (χ2n) is 8.17. The zero-order valence-electron chi connectivity index (χ0n) is 17.7. The van der Waals surface area contributed by atoms with Gasteiger partial charge in [-0.3, -0.25) is 0 Å². The summed E-state index contributed by atoms with van der Waals surface area (Å²) in [5.74, 6) is -1.71. The summed E-state index contributed by atoms with van der Waals surface area (Å²) >= 11 is 0. The van der Waals surface area contributed by atoms with Gasteiger partial charge in [0.15, 0.2) is 0 Å². The Balaban J connectivity index is 1.79. The molecule has 1 fully saturated rings. The Kier molecular flexibility index (Phi) is 8.18. The van der Waals surface area contributed by atoms with E-state index in [1.807, 2.05) is 6.92 Å². The largest absolute Gasteiger partial charge is 0.460 e. The molecule has 1 aliphatic heterocycles. The van der Waals surface area contributed by atoms with Crippen LogP contribution in [0.3, 0.4) is 0 Å². The predicted molar refractivity (Wildman–Crippen MR) is 115 cm³/mol. The molecule has 31 heavy (non-hydrogen) atoms. The molecule has 1 N–H and O–H groups in total. The van der Waals surface area contributed by atoms with Gasteiger partial charge in [-0.2, -0.15) is 0 Å². The summed E-state index contributed by atoms with van der Waals surface area (Å²) in [5.41, 5.74) is 0.277. The second-order valence-corrected chi connectivity index (χ2v) is 8.17. The number of esters is 2. The fourth-order valence-corrected chi connectivity index (χ4v) is 4.15. The number of carbonyl (C=O) groups excluding carboxylic acids is 2. The van der Waals surface area contributed by atoms with Crippen LogP contribution in [0, 0.1) is 17.7 Å². The van der Waals surface area contributed by atoms with E-state index in [1.54, 1.807) is 18.2 Å². The van der Waals surface area contributed by atoms with Crippen molar-refractivity contribution >= 4 is 18.0 Å². The van der Waals surface area contributed by atoms with Gasteiger partial charge < -0.3 is 14.6 Å². The quantitative estimate of drug-likeness (QED) is 0.440. The van der Waals surface area contributed by atoms with Crippen molar-refractivity contribution in [2.24, 2.45) is 11.8 Å². The molecule has 0 bridgehead atoms. The van der Waals surface area contributed by atoms with E-state index in [-0.39, 0.29) is 23.5 Å². The average molecular weight is 429 g/mol. The van der Waals surface area contributed by atoms with E-state index in [4.69, 9.17) is 9.47 Å². The van der Waals surface area contributed by atoms with E-state index < -0.39 is 30.0 Å².